The third-order valence-corrected chi connectivity index (χ3v) is 6.23. The Morgan fingerprint density at radius 3 is 2.57 bits per heavy atom. The van der Waals surface area contributed by atoms with Gasteiger partial charge in [0.15, 0.2) is 16.4 Å². The molecule has 0 radical (unpaired) electrons. The summed E-state index contributed by atoms with van der Waals surface area (Å²) in [7, 11) is -0.0574. The van der Waals surface area contributed by atoms with Crippen LogP contribution in [0.3, 0.4) is 0 Å². The molecule has 1 aliphatic heterocycles. The lowest BCUT2D eigenvalue weighted by atomic mass is 10.1. The van der Waals surface area contributed by atoms with Crippen LogP contribution in [0.4, 0.5) is 0 Å². The van der Waals surface area contributed by atoms with Gasteiger partial charge in [0.05, 0.1) is 25.7 Å². The fourth-order valence-electron chi connectivity index (χ4n) is 3.05. The zero-order chi connectivity index (χ0) is 20.7. The highest BCUT2D eigenvalue weighted by Crippen LogP contribution is 2.25. The number of esters is 1. The molecule has 0 bridgehead atoms. The maximum Gasteiger partial charge on any atom is 0.331 e. The molecule has 1 saturated heterocycles. The third-order valence-electron chi connectivity index (χ3n) is 4.48. The molecule has 1 heterocycles. The summed E-state index contributed by atoms with van der Waals surface area (Å²) in [6.07, 6.45) is 3.11. The smallest absolute Gasteiger partial charge is 0.331 e. The first-order valence-corrected chi connectivity index (χ1v) is 10.7. The van der Waals surface area contributed by atoms with E-state index in [0.717, 1.165) is 0 Å². The maximum atomic E-state index is 12.3. The van der Waals surface area contributed by atoms with Crippen LogP contribution in [0.15, 0.2) is 24.3 Å². The normalized spacial score (nSPS) is 18.0. The van der Waals surface area contributed by atoms with E-state index < -0.39 is 28.3 Å². The van der Waals surface area contributed by atoms with E-state index in [-0.39, 0.29) is 17.5 Å². The molecule has 1 aromatic carbocycles. The van der Waals surface area contributed by atoms with Gasteiger partial charge >= 0.3 is 5.97 Å². The molecule has 1 fully saturated rings. The monoisotopic (exact) mass is 411 g/mol. The van der Waals surface area contributed by atoms with Crippen molar-refractivity contribution in [1.82, 2.24) is 4.90 Å². The Kier molecular flexibility index (Phi) is 7.45. The summed E-state index contributed by atoms with van der Waals surface area (Å²) in [6.45, 7) is 1.68. The van der Waals surface area contributed by atoms with Gasteiger partial charge in [0.25, 0.3) is 5.91 Å². The molecule has 0 N–H and O–H groups in total. The SMILES string of the molecule is CCN(C(=O)COC(=O)/C=C/c1cc(OC)ccc1OC)[C@@H]1CCS(=O)(=O)C1. The molecule has 0 saturated carbocycles. The van der Waals surface area contributed by atoms with Crippen molar-refractivity contribution >= 4 is 27.8 Å². The van der Waals surface area contributed by atoms with Crippen LogP contribution in [-0.2, 0) is 24.2 Å². The van der Waals surface area contributed by atoms with E-state index in [2.05, 4.69) is 0 Å². The van der Waals surface area contributed by atoms with Gasteiger partial charge in [0, 0.05) is 24.2 Å². The van der Waals surface area contributed by atoms with E-state index in [0.29, 0.717) is 30.0 Å². The number of hydrogen-bond acceptors (Lipinski definition) is 7. The average Bonchev–Trinajstić information content (AvgIpc) is 3.04. The number of methoxy groups -OCH3 is 2. The highest BCUT2D eigenvalue weighted by Gasteiger charge is 2.34. The van der Waals surface area contributed by atoms with Crippen molar-refractivity contribution in [3.63, 3.8) is 0 Å². The van der Waals surface area contributed by atoms with Crippen molar-refractivity contribution < 1.29 is 32.2 Å². The van der Waals surface area contributed by atoms with Crippen LogP contribution >= 0.6 is 0 Å². The Hall–Kier alpha value is -2.55. The van der Waals surface area contributed by atoms with Gasteiger partial charge in [0.1, 0.15) is 11.5 Å². The Balaban J connectivity index is 1.94. The number of rotatable bonds is 8. The zero-order valence-corrected chi connectivity index (χ0v) is 17.0. The molecule has 1 amide bonds. The summed E-state index contributed by atoms with van der Waals surface area (Å²) >= 11 is 0. The molecule has 1 aromatic rings. The molecule has 2 rings (SSSR count). The second kappa shape index (κ2) is 9.59. The number of likely N-dealkylation sites (N-methyl/N-ethyl adjacent to an activating group) is 1. The number of sulfone groups is 1. The van der Waals surface area contributed by atoms with Crippen LogP contribution in [0.5, 0.6) is 11.5 Å². The van der Waals surface area contributed by atoms with Gasteiger partial charge < -0.3 is 19.1 Å². The van der Waals surface area contributed by atoms with Crippen LogP contribution in [0.25, 0.3) is 6.08 Å². The van der Waals surface area contributed by atoms with Gasteiger partial charge in [-0.15, -0.1) is 0 Å². The minimum atomic E-state index is -3.10. The number of amides is 1. The van der Waals surface area contributed by atoms with E-state index in [9.17, 15) is 18.0 Å². The minimum Gasteiger partial charge on any atom is -0.497 e. The fraction of sp³-hybridized carbons (Fsp3) is 0.474. The van der Waals surface area contributed by atoms with Gasteiger partial charge in [-0.25, -0.2) is 13.2 Å². The lowest BCUT2D eigenvalue weighted by molar-refractivity contribution is -0.149. The van der Waals surface area contributed by atoms with Crippen LogP contribution in [0.2, 0.25) is 0 Å². The first-order valence-electron chi connectivity index (χ1n) is 8.86. The van der Waals surface area contributed by atoms with Crippen molar-refractivity contribution in [3.8, 4) is 11.5 Å². The molecule has 0 aromatic heterocycles. The van der Waals surface area contributed by atoms with Crippen LogP contribution in [-0.4, -0.2) is 70.1 Å². The molecule has 8 nitrogen and oxygen atoms in total. The van der Waals surface area contributed by atoms with E-state index in [1.54, 1.807) is 25.1 Å². The standard InChI is InChI=1S/C19H25NO7S/c1-4-20(15-9-10-28(23,24)13-15)18(21)12-27-19(22)8-5-14-11-16(25-2)6-7-17(14)26-3/h5-8,11,15H,4,9-10,12-13H2,1-3H3/b8-5+/t15-/m1/s1. The van der Waals surface area contributed by atoms with Crippen LogP contribution in [0, 0.1) is 0 Å². The number of hydrogen-bond donors (Lipinski definition) is 0. The molecule has 9 heteroatoms. The molecular weight excluding hydrogens is 386 g/mol. The van der Waals surface area contributed by atoms with Gasteiger partial charge in [-0.2, -0.15) is 0 Å². The number of carbonyl (C=O) groups excluding carboxylic acids is 2. The third kappa shape index (κ3) is 5.72. The minimum absolute atomic E-state index is 0.0456. The Morgan fingerprint density at radius 1 is 1.25 bits per heavy atom. The summed E-state index contributed by atoms with van der Waals surface area (Å²) in [5.74, 6) is 0.0934. The molecule has 0 aliphatic carbocycles. The highest BCUT2D eigenvalue weighted by atomic mass is 32.2. The quantitative estimate of drug-likeness (QED) is 0.469. The van der Waals surface area contributed by atoms with Crippen molar-refractivity contribution in [2.45, 2.75) is 19.4 Å². The Bertz CT molecular complexity index is 848. The summed E-state index contributed by atoms with van der Waals surface area (Å²) in [5, 5.41) is 0. The van der Waals surface area contributed by atoms with Crippen LogP contribution < -0.4 is 9.47 Å². The molecule has 0 unspecified atom stereocenters. The van der Waals surface area contributed by atoms with Crippen molar-refractivity contribution in [2.75, 3.05) is 38.9 Å². The predicted octanol–water partition coefficient (Wildman–Crippen LogP) is 1.30. The second-order valence-corrected chi connectivity index (χ2v) is 8.51. The van der Waals surface area contributed by atoms with Crippen molar-refractivity contribution in [1.29, 1.82) is 0 Å². The Morgan fingerprint density at radius 2 is 2.00 bits per heavy atom. The predicted molar refractivity (Wildman–Crippen MR) is 104 cm³/mol. The average molecular weight is 411 g/mol. The van der Waals surface area contributed by atoms with E-state index in [1.807, 2.05) is 0 Å². The van der Waals surface area contributed by atoms with E-state index in [1.165, 1.54) is 31.3 Å². The van der Waals surface area contributed by atoms with Gasteiger partial charge in [-0.1, -0.05) is 0 Å². The summed E-state index contributed by atoms with van der Waals surface area (Å²) in [5.41, 5.74) is 0.622. The largest absolute Gasteiger partial charge is 0.497 e. The first kappa shape index (κ1) is 21.7. The van der Waals surface area contributed by atoms with Gasteiger partial charge in [-0.3, -0.25) is 4.79 Å². The number of benzene rings is 1. The lowest BCUT2D eigenvalue weighted by Gasteiger charge is -2.26. The highest BCUT2D eigenvalue weighted by molar-refractivity contribution is 7.91. The molecular formula is C19H25NO7S. The molecule has 1 aliphatic rings. The van der Waals surface area contributed by atoms with Crippen molar-refractivity contribution in [3.05, 3.63) is 29.8 Å². The Labute approximate surface area is 165 Å². The number of nitrogens with zero attached hydrogens (tertiary/aromatic N) is 1. The lowest BCUT2D eigenvalue weighted by Crippen LogP contribution is -2.43. The fourth-order valence-corrected chi connectivity index (χ4v) is 4.78. The summed E-state index contributed by atoms with van der Waals surface area (Å²) < 4.78 is 38.6. The van der Waals surface area contributed by atoms with Crippen LogP contribution in [0.1, 0.15) is 18.9 Å². The molecule has 154 valence electrons. The van der Waals surface area contributed by atoms with Gasteiger partial charge in [-0.05, 0) is 37.6 Å². The topological polar surface area (TPSA) is 99.2 Å². The second-order valence-electron chi connectivity index (χ2n) is 6.29. The summed E-state index contributed by atoms with van der Waals surface area (Å²) in [4.78, 5) is 25.7. The maximum absolute atomic E-state index is 12.3. The van der Waals surface area contributed by atoms with Crippen molar-refractivity contribution in [2.24, 2.45) is 0 Å². The van der Waals surface area contributed by atoms with E-state index >= 15 is 0 Å². The number of carbonyl (C=O) groups is 2. The molecule has 28 heavy (non-hydrogen) atoms. The van der Waals surface area contributed by atoms with E-state index in [4.69, 9.17) is 14.2 Å². The number of ether oxygens (including phenoxy) is 3. The first-order chi connectivity index (χ1) is 13.3. The molecule has 0 spiro atoms. The van der Waals surface area contributed by atoms with Gasteiger partial charge in [0.2, 0.25) is 0 Å². The molecule has 1 atom stereocenters. The summed E-state index contributed by atoms with van der Waals surface area (Å²) in [6, 6.07) is 4.78. The zero-order valence-electron chi connectivity index (χ0n) is 16.2.